The lowest BCUT2D eigenvalue weighted by Gasteiger charge is -2.17. The lowest BCUT2D eigenvalue weighted by atomic mass is 9.96. The highest BCUT2D eigenvalue weighted by Crippen LogP contribution is 2.40. The molecule has 0 bridgehead atoms. The lowest BCUT2D eigenvalue weighted by molar-refractivity contribution is 0.101. The smallest absolute Gasteiger partial charge is 0.163 e. The third kappa shape index (κ3) is 7.20. The second-order valence-electron chi connectivity index (χ2n) is 8.64. The van der Waals surface area contributed by atoms with Gasteiger partial charge >= 0.3 is 0 Å². The molecule has 37 heavy (non-hydrogen) atoms. The van der Waals surface area contributed by atoms with Gasteiger partial charge in [-0.15, -0.1) is 37.2 Å². The Bertz CT molecular complexity index is 1390. The van der Waals surface area contributed by atoms with Gasteiger partial charge in [-0.05, 0) is 86.6 Å². The predicted molar refractivity (Wildman–Crippen MR) is 162 cm³/mol. The SMILES string of the molecule is CC(=O)c1cnc2cc(C)c(-c3cc(Cl)c(O)c(Cl)c3)cc2c1Nc1ccc(CN(C)C)cc1.Cl.Cl.Cl. The van der Waals surface area contributed by atoms with Crippen LogP contribution in [0.2, 0.25) is 10.0 Å². The third-order valence-corrected chi connectivity index (χ3v) is 6.22. The minimum atomic E-state index is -0.147. The molecule has 2 N–H and O–H groups in total. The van der Waals surface area contributed by atoms with Gasteiger partial charge in [-0.2, -0.15) is 0 Å². The normalized spacial score (nSPS) is 10.4. The standard InChI is InChI=1S/C27H25Cl2N3O2.3ClH/c1-15-9-25-21(12-20(15)18-10-23(28)27(34)24(29)11-18)26(22(13-30-25)16(2)33)31-19-7-5-17(6-8-19)14-32(3)4;;;/h5-13,34H,14H2,1-4H3,(H,30,31);3*1H. The molecular formula is C27H28Cl5N3O2. The summed E-state index contributed by atoms with van der Waals surface area (Å²) in [5, 5.41) is 14.6. The Morgan fingerprint density at radius 2 is 1.59 bits per heavy atom. The topological polar surface area (TPSA) is 65.5 Å². The number of hydrogen-bond acceptors (Lipinski definition) is 5. The molecule has 0 aliphatic heterocycles. The molecule has 0 fully saturated rings. The highest BCUT2D eigenvalue weighted by atomic mass is 35.5. The number of pyridine rings is 1. The summed E-state index contributed by atoms with van der Waals surface area (Å²) in [6, 6.07) is 15.4. The molecule has 1 heterocycles. The molecule has 0 radical (unpaired) electrons. The van der Waals surface area contributed by atoms with Crippen molar-refractivity contribution in [2.75, 3.05) is 19.4 Å². The van der Waals surface area contributed by atoms with Crippen molar-refractivity contribution in [3.8, 4) is 16.9 Å². The van der Waals surface area contributed by atoms with E-state index in [9.17, 15) is 9.90 Å². The molecule has 0 saturated heterocycles. The molecule has 4 rings (SSSR count). The van der Waals surface area contributed by atoms with E-state index in [1.54, 1.807) is 18.3 Å². The van der Waals surface area contributed by atoms with E-state index in [1.807, 2.05) is 45.3 Å². The van der Waals surface area contributed by atoms with E-state index >= 15 is 0 Å². The predicted octanol–water partition coefficient (Wildman–Crippen LogP) is 8.50. The number of phenols is 1. The van der Waals surface area contributed by atoms with Crippen molar-refractivity contribution < 1.29 is 9.90 Å². The average Bonchev–Trinajstić information content (AvgIpc) is 2.77. The summed E-state index contributed by atoms with van der Waals surface area (Å²) < 4.78 is 0. The fraction of sp³-hybridized carbons (Fsp3) is 0.185. The Morgan fingerprint density at radius 3 is 2.14 bits per heavy atom. The summed E-state index contributed by atoms with van der Waals surface area (Å²) in [4.78, 5) is 19.1. The third-order valence-electron chi connectivity index (χ3n) is 5.64. The van der Waals surface area contributed by atoms with Crippen molar-refractivity contribution in [2.24, 2.45) is 0 Å². The van der Waals surface area contributed by atoms with E-state index in [0.717, 1.165) is 39.8 Å². The number of phenolic OH excluding ortho intramolecular Hbond substituents is 1. The Morgan fingerprint density at radius 1 is 1.00 bits per heavy atom. The second kappa shape index (κ2) is 13.5. The molecule has 10 heteroatoms. The summed E-state index contributed by atoms with van der Waals surface area (Å²) in [5.74, 6) is -0.231. The Hall–Kier alpha value is -2.25. The molecule has 0 amide bonds. The molecule has 0 unspecified atom stereocenters. The molecule has 0 spiro atoms. The van der Waals surface area contributed by atoms with Crippen LogP contribution in [0.15, 0.2) is 54.7 Å². The molecule has 1 aromatic heterocycles. The number of carbonyl (C=O) groups is 1. The van der Waals surface area contributed by atoms with Gasteiger partial charge in [-0.25, -0.2) is 0 Å². The Kier molecular flexibility index (Phi) is 12.0. The van der Waals surface area contributed by atoms with Crippen LogP contribution in [0.1, 0.15) is 28.4 Å². The summed E-state index contributed by atoms with van der Waals surface area (Å²) in [5.41, 5.74) is 6.62. The summed E-state index contributed by atoms with van der Waals surface area (Å²) in [6.45, 7) is 4.35. The fourth-order valence-corrected chi connectivity index (χ4v) is 4.47. The number of halogens is 5. The largest absolute Gasteiger partial charge is 0.505 e. The van der Waals surface area contributed by atoms with E-state index in [4.69, 9.17) is 23.2 Å². The van der Waals surface area contributed by atoms with Gasteiger partial charge in [0.05, 0.1) is 26.8 Å². The van der Waals surface area contributed by atoms with Crippen LogP contribution in [0.5, 0.6) is 5.75 Å². The van der Waals surface area contributed by atoms with E-state index in [2.05, 4.69) is 27.3 Å². The van der Waals surface area contributed by atoms with E-state index in [1.165, 1.54) is 12.5 Å². The van der Waals surface area contributed by atoms with Gasteiger partial charge in [0.15, 0.2) is 11.5 Å². The van der Waals surface area contributed by atoms with Crippen LogP contribution >= 0.6 is 60.4 Å². The molecule has 0 saturated carbocycles. The number of Topliss-reactive ketones (excluding diaryl/α,β-unsaturated/α-hetero) is 1. The molecular weight excluding hydrogens is 576 g/mol. The number of aryl methyl sites for hydroxylation is 1. The monoisotopic (exact) mass is 601 g/mol. The maximum Gasteiger partial charge on any atom is 0.163 e. The molecule has 0 atom stereocenters. The van der Waals surface area contributed by atoms with E-state index in [0.29, 0.717) is 11.3 Å². The molecule has 4 aromatic rings. The van der Waals surface area contributed by atoms with Gasteiger partial charge < -0.3 is 15.3 Å². The van der Waals surface area contributed by atoms with Crippen LogP contribution in [0.3, 0.4) is 0 Å². The van der Waals surface area contributed by atoms with Gasteiger partial charge in [0.1, 0.15) is 0 Å². The summed E-state index contributed by atoms with van der Waals surface area (Å²) >= 11 is 12.4. The average molecular weight is 604 g/mol. The van der Waals surface area contributed by atoms with Gasteiger partial charge in [-0.1, -0.05) is 35.3 Å². The maximum absolute atomic E-state index is 12.5. The number of fused-ring (bicyclic) bond motifs is 1. The van der Waals surface area contributed by atoms with Crippen molar-refractivity contribution in [2.45, 2.75) is 20.4 Å². The first-order chi connectivity index (χ1) is 16.1. The first-order valence-corrected chi connectivity index (χ1v) is 11.5. The highest BCUT2D eigenvalue weighted by molar-refractivity contribution is 6.37. The van der Waals surface area contributed by atoms with Crippen molar-refractivity contribution in [3.05, 3.63) is 81.5 Å². The lowest BCUT2D eigenvalue weighted by Crippen LogP contribution is -2.10. The zero-order chi connectivity index (χ0) is 24.6. The Labute approximate surface area is 245 Å². The molecule has 3 aromatic carbocycles. The van der Waals surface area contributed by atoms with Crippen LogP contribution in [-0.2, 0) is 6.54 Å². The second-order valence-corrected chi connectivity index (χ2v) is 9.45. The minimum Gasteiger partial charge on any atom is -0.505 e. The van der Waals surface area contributed by atoms with Gasteiger partial charge in [0.25, 0.3) is 0 Å². The zero-order valence-electron chi connectivity index (χ0n) is 20.6. The van der Waals surface area contributed by atoms with Crippen LogP contribution in [-0.4, -0.2) is 34.9 Å². The fourth-order valence-electron chi connectivity index (χ4n) is 3.98. The molecule has 0 aliphatic rings. The summed E-state index contributed by atoms with van der Waals surface area (Å²) in [6.07, 6.45) is 1.61. The number of hydrogen-bond donors (Lipinski definition) is 2. The number of carbonyl (C=O) groups excluding carboxylic acids is 1. The number of ketones is 1. The quantitative estimate of drug-likeness (QED) is 0.216. The van der Waals surface area contributed by atoms with Crippen LogP contribution in [0.4, 0.5) is 11.4 Å². The maximum atomic E-state index is 12.5. The highest BCUT2D eigenvalue weighted by Gasteiger charge is 2.17. The van der Waals surface area contributed by atoms with Crippen molar-refractivity contribution in [1.82, 2.24) is 9.88 Å². The number of nitrogens with one attached hydrogen (secondary N) is 1. The van der Waals surface area contributed by atoms with Crippen molar-refractivity contribution in [3.63, 3.8) is 0 Å². The molecule has 0 aliphatic carbocycles. The van der Waals surface area contributed by atoms with Crippen molar-refractivity contribution >= 4 is 88.5 Å². The first kappa shape index (κ1) is 32.8. The Balaban J connectivity index is 0.00000228. The van der Waals surface area contributed by atoms with Crippen LogP contribution in [0.25, 0.3) is 22.0 Å². The van der Waals surface area contributed by atoms with E-state index < -0.39 is 0 Å². The van der Waals surface area contributed by atoms with Crippen LogP contribution in [0, 0.1) is 6.92 Å². The van der Waals surface area contributed by atoms with Crippen LogP contribution < -0.4 is 5.32 Å². The summed E-state index contributed by atoms with van der Waals surface area (Å²) in [7, 11) is 4.06. The number of aromatic nitrogens is 1. The number of aromatic hydroxyl groups is 1. The number of benzene rings is 3. The van der Waals surface area contributed by atoms with Gasteiger partial charge in [0.2, 0.25) is 0 Å². The number of nitrogens with zero attached hydrogens (tertiary/aromatic N) is 2. The molecule has 5 nitrogen and oxygen atoms in total. The minimum absolute atomic E-state index is 0. The molecule has 198 valence electrons. The van der Waals surface area contributed by atoms with Crippen molar-refractivity contribution in [1.29, 1.82) is 0 Å². The first-order valence-electron chi connectivity index (χ1n) is 10.8. The number of rotatable bonds is 6. The van der Waals surface area contributed by atoms with Gasteiger partial charge in [0, 0.05) is 23.8 Å². The van der Waals surface area contributed by atoms with Gasteiger partial charge in [-0.3, -0.25) is 9.78 Å². The van der Waals surface area contributed by atoms with E-state index in [-0.39, 0.29) is 58.8 Å². The zero-order valence-corrected chi connectivity index (χ0v) is 24.6. The number of anilines is 2.